The first-order valence-corrected chi connectivity index (χ1v) is 8.83. The molecule has 152 valence electrons. The van der Waals surface area contributed by atoms with Gasteiger partial charge in [0.05, 0.1) is 32.4 Å². The Bertz CT molecular complexity index is 965. The molecule has 1 saturated heterocycles. The van der Waals surface area contributed by atoms with Gasteiger partial charge in [-0.25, -0.2) is 0 Å². The number of likely N-dealkylation sites (tertiary alicyclic amines) is 1. The Balaban J connectivity index is 2.18. The second-order valence-electron chi connectivity index (χ2n) is 6.38. The number of rotatable bonds is 6. The zero-order valence-electron chi connectivity index (χ0n) is 16.0. The van der Waals surface area contributed by atoms with Crippen LogP contribution in [0.4, 0.5) is 0 Å². The number of phenols is 1. The number of ether oxygens (including phenoxy) is 2. The summed E-state index contributed by atoms with van der Waals surface area (Å²) in [4.78, 5) is 26.5. The van der Waals surface area contributed by atoms with Crippen LogP contribution in [-0.4, -0.2) is 59.3 Å². The summed E-state index contributed by atoms with van der Waals surface area (Å²) < 4.78 is 10.2. The molecule has 1 heterocycles. The number of benzene rings is 2. The molecule has 0 aromatic heterocycles. The fourth-order valence-corrected chi connectivity index (χ4v) is 3.33. The molecule has 8 nitrogen and oxygen atoms in total. The van der Waals surface area contributed by atoms with Crippen molar-refractivity contribution >= 4 is 17.4 Å². The van der Waals surface area contributed by atoms with Crippen molar-refractivity contribution in [1.82, 2.24) is 4.90 Å². The van der Waals surface area contributed by atoms with Crippen LogP contribution in [0, 0.1) is 0 Å². The monoisotopic (exact) mass is 399 g/mol. The van der Waals surface area contributed by atoms with Gasteiger partial charge < -0.3 is 29.7 Å². The van der Waals surface area contributed by atoms with Crippen molar-refractivity contribution in [3.8, 4) is 17.2 Å². The first-order valence-electron chi connectivity index (χ1n) is 8.83. The molecular formula is C21H21NO7. The summed E-state index contributed by atoms with van der Waals surface area (Å²) >= 11 is 0. The number of β-amino-alcohol motifs (C(OH)–C–C–N with tert-alkyl or cyclic N) is 1. The Morgan fingerprint density at radius 3 is 2.34 bits per heavy atom. The molecular weight excluding hydrogens is 378 g/mol. The number of aliphatic hydroxyl groups is 2. The number of ketones is 1. The molecule has 0 spiro atoms. The summed E-state index contributed by atoms with van der Waals surface area (Å²) in [6.45, 7) is -0.459. The van der Waals surface area contributed by atoms with Gasteiger partial charge in [-0.1, -0.05) is 6.07 Å². The third-order valence-electron chi connectivity index (χ3n) is 4.76. The van der Waals surface area contributed by atoms with E-state index in [4.69, 9.17) is 9.47 Å². The molecule has 2 aromatic carbocycles. The van der Waals surface area contributed by atoms with Crippen LogP contribution >= 0.6 is 0 Å². The molecule has 1 aliphatic heterocycles. The van der Waals surface area contributed by atoms with Crippen LogP contribution in [0.25, 0.3) is 5.76 Å². The van der Waals surface area contributed by atoms with E-state index in [1.54, 1.807) is 24.3 Å². The van der Waals surface area contributed by atoms with Crippen LogP contribution in [0.1, 0.15) is 17.2 Å². The summed E-state index contributed by atoms with van der Waals surface area (Å²) in [5.74, 6) is -1.41. The zero-order valence-corrected chi connectivity index (χ0v) is 16.0. The number of carbonyl (C=O) groups excluding carboxylic acids is 2. The number of amides is 1. The van der Waals surface area contributed by atoms with Gasteiger partial charge in [0, 0.05) is 12.1 Å². The Hall–Kier alpha value is -3.52. The highest BCUT2D eigenvalue weighted by molar-refractivity contribution is 6.46. The molecule has 8 heteroatoms. The molecule has 0 bridgehead atoms. The molecule has 3 N–H and O–H groups in total. The third-order valence-corrected chi connectivity index (χ3v) is 4.76. The fraction of sp³-hybridized carbons (Fsp3) is 0.238. The lowest BCUT2D eigenvalue weighted by molar-refractivity contribution is -0.140. The van der Waals surface area contributed by atoms with Crippen molar-refractivity contribution in [3.63, 3.8) is 0 Å². The smallest absolute Gasteiger partial charge is 0.295 e. The maximum absolute atomic E-state index is 12.7. The summed E-state index contributed by atoms with van der Waals surface area (Å²) in [5, 5.41) is 30.1. The molecule has 1 fully saturated rings. The lowest BCUT2D eigenvalue weighted by atomic mass is 9.95. The minimum absolute atomic E-state index is 0.0994. The highest BCUT2D eigenvalue weighted by Crippen LogP contribution is 2.41. The summed E-state index contributed by atoms with van der Waals surface area (Å²) in [7, 11) is 2.88. The average molecular weight is 399 g/mol. The minimum Gasteiger partial charge on any atom is -0.507 e. The quantitative estimate of drug-likeness (QED) is 0.385. The van der Waals surface area contributed by atoms with E-state index in [0.717, 1.165) is 0 Å². The molecule has 0 radical (unpaired) electrons. The molecule has 1 amide bonds. The maximum atomic E-state index is 12.7. The second-order valence-corrected chi connectivity index (χ2v) is 6.38. The van der Waals surface area contributed by atoms with E-state index in [-0.39, 0.29) is 36.0 Å². The lowest BCUT2D eigenvalue weighted by Gasteiger charge is -2.25. The minimum atomic E-state index is -0.946. The number of Topliss-reactive ketones (excluding diaryl/α,β-unsaturated/α-hetero) is 1. The van der Waals surface area contributed by atoms with Crippen LogP contribution in [0.5, 0.6) is 17.2 Å². The number of aliphatic hydroxyl groups excluding tert-OH is 2. The van der Waals surface area contributed by atoms with E-state index in [1.807, 2.05) is 0 Å². The molecule has 1 aliphatic rings. The highest BCUT2D eigenvalue weighted by atomic mass is 16.5. The van der Waals surface area contributed by atoms with Crippen LogP contribution in [0.2, 0.25) is 0 Å². The van der Waals surface area contributed by atoms with E-state index < -0.39 is 17.7 Å². The van der Waals surface area contributed by atoms with Crippen LogP contribution in [0.3, 0.4) is 0 Å². The number of hydrogen-bond acceptors (Lipinski definition) is 7. The van der Waals surface area contributed by atoms with Gasteiger partial charge in [0.25, 0.3) is 11.7 Å². The number of nitrogens with zero attached hydrogens (tertiary/aromatic N) is 1. The third kappa shape index (κ3) is 3.62. The van der Waals surface area contributed by atoms with Gasteiger partial charge >= 0.3 is 0 Å². The van der Waals surface area contributed by atoms with Crippen LogP contribution < -0.4 is 9.47 Å². The van der Waals surface area contributed by atoms with Gasteiger partial charge in [-0.05, 0) is 42.0 Å². The number of aromatic hydroxyl groups is 1. The van der Waals surface area contributed by atoms with E-state index in [9.17, 15) is 24.9 Å². The molecule has 2 aromatic rings. The number of carbonyl (C=O) groups is 2. The predicted octanol–water partition coefficient (Wildman–Crippen LogP) is 1.82. The van der Waals surface area contributed by atoms with Crippen molar-refractivity contribution in [3.05, 3.63) is 59.2 Å². The van der Waals surface area contributed by atoms with Crippen LogP contribution in [-0.2, 0) is 9.59 Å². The number of methoxy groups -OCH3 is 2. The fourth-order valence-electron chi connectivity index (χ4n) is 3.33. The van der Waals surface area contributed by atoms with Crippen molar-refractivity contribution < 1.29 is 34.4 Å². The topological polar surface area (TPSA) is 117 Å². The Labute approximate surface area is 167 Å². The SMILES string of the molecule is COc1ccc(/C(O)=C2\C(=O)C(=O)N(CCO)C2c2ccc(O)c(OC)c2)cc1. The van der Waals surface area contributed by atoms with Gasteiger partial charge in [0.15, 0.2) is 11.5 Å². The van der Waals surface area contributed by atoms with Gasteiger partial charge in [-0.3, -0.25) is 9.59 Å². The first-order chi connectivity index (χ1) is 13.9. The van der Waals surface area contributed by atoms with Crippen LogP contribution in [0.15, 0.2) is 48.0 Å². The van der Waals surface area contributed by atoms with E-state index in [0.29, 0.717) is 16.9 Å². The van der Waals surface area contributed by atoms with Crippen molar-refractivity contribution in [2.75, 3.05) is 27.4 Å². The first kappa shape index (κ1) is 20.2. The second kappa shape index (κ2) is 8.24. The Morgan fingerprint density at radius 1 is 1.07 bits per heavy atom. The Morgan fingerprint density at radius 2 is 1.76 bits per heavy atom. The molecule has 0 saturated carbocycles. The lowest BCUT2D eigenvalue weighted by Crippen LogP contribution is -2.32. The predicted molar refractivity (Wildman–Crippen MR) is 104 cm³/mol. The summed E-state index contributed by atoms with van der Waals surface area (Å²) in [6.07, 6.45) is 0. The average Bonchev–Trinajstić information content (AvgIpc) is 2.99. The van der Waals surface area contributed by atoms with Gasteiger partial charge in [0.2, 0.25) is 0 Å². The molecule has 1 atom stereocenters. The normalized spacial score (nSPS) is 18.2. The molecule has 29 heavy (non-hydrogen) atoms. The summed E-state index contributed by atoms with van der Waals surface area (Å²) in [6, 6.07) is 9.83. The Kier molecular flexibility index (Phi) is 5.74. The zero-order chi connectivity index (χ0) is 21.1. The highest BCUT2D eigenvalue weighted by Gasteiger charge is 2.46. The molecule has 3 rings (SSSR count). The van der Waals surface area contributed by atoms with Crippen molar-refractivity contribution in [2.24, 2.45) is 0 Å². The van der Waals surface area contributed by atoms with E-state index >= 15 is 0 Å². The molecule has 1 unspecified atom stereocenters. The van der Waals surface area contributed by atoms with E-state index in [1.165, 1.54) is 37.3 Å². The maximum Gasteiger partial charge on any atom is 0.295 e. The van der Waals surface area contributed by atoms with Crippen molar-refractivity contribution in [2.45, 2.75) is 6.04 Å². The summed E-state index contributed by atoms with van der Waals surface area (Å²) in [5.41, 5.74) is 0.673. The number of hydrogen-bond donors (Lipinski definition) is 3. The number of phenolic OH excluding ortho intramolecular Hbond substituents is 1. The van der Waals surface area contributed by atoms with Gasteiger partial charge in [-0.2, -0.15) is 0 Å². The van der Waals surface area contributed by atoms with Gasteiger partial charge in [-0.15, -0.1) is 0 Å². The molecule has 0 aliphatic carbocycles. The standard InChI is InChI=1S/C21H21NO7/c1-28-14-6-3-12(4-7-14)19(25)17-18(22(9-10-23)21(27)20(17)26)13-5-8-15(24)16(11-13)29-2/h3-8,11,18,23-25H,9-10H2,1-2H3/b19-17+. The largest absolute Gasteiger partial charge is 0.507 e. The van der Waals surface area contributed by atoms with Crippen molar-refractivity contribution in [1.29, 1.82) is 0 Å². The van der Waals surface area contributed by atoms with E-state index in [2.05, 4.69) is 0 Å². The van der Waals surface area contributed by atoms with Gasteiger partial charge in [0.1, 0.15) is 11.5 Å².